The van der Waals surface area contributed by atoms with Crippen molar-refractivity contribution in [1.29, 1.82) is 0 Å². The summed E-state index contributed by atoms with van der Waals surface area (Å²) in [5.74, 6) is -1.70. The fourth-order valence-corrected chi connectivity index (χ4v) is 4.55. The third kappa shape index (κ3) is 6.13. The molecule has 9 heteroatoms. The van der Waals surface area contributed by atoms with E-state index in [-0.39, 0.29) is 18.7 Å². The molecule has 2 aromatic heterocycles. The van der Waals surface area contributed by atoms with Gasteiger partial charge < -0.3 is 15.1 Å². The van der Waals surface area contributed by atoms with Crippen molar-refractivity contribution in [2.24, 2.45) is 0 Å². The molecule has 0 spiro atoms. The van der Waals surface area contributed by atoms with Crippen LogP contribution in [0.3, 0.4) is 0 Å². The number of hydrogen-bond acceptors (Lipinski definition) is 5. The second-order valence-electron chi connectivity index (χ2n) is 8.43. The van der Waals surface area contributed by atoms with E-state index in [9.17, 15) is 14.4 Å². The molecule has 3 amide bonds. The van der Waals surface area contributed by atoms with Crippen molar-refractivity contribution < 1.29 is 23.2 Å². The molecule has 0 fully saturated rings. The highest BCUT2D eigenvalue weighted by Gasteiger charge is 2.35. The Labute approximate surface area is 217 Å². The van der Waals surface area contributed by atoms with Crippen molar-refractivity contribution in [3.8, 4) is 0 Å². The van der Waals surface area contributed by atoms with E-state index in [2.05, 4.69) is 10.6 Å². The van der Waals surface area contributed by atoms with Crippen LogP contribution in [0, 0.1) is 19.7 Å². The van der Waals surface area contributed by atoms with Gasteiger partial charge in [0.05, 0.1) is 24.2 Å². The topological polar surface area (TPSA) is 91.7 Å². The number of nitrogens with one attached hydrogen (secondary N) is 2. The fraction of sp³-hybridized carbons (Fsp3) is 0.179. The zero-order valence-corrected chi connectivity index (χ0v) is 21.2. The summed E-state index contributed by atoms with van der Waals surface area (Å²) in [6.45, 7) is 3.33. The van der Waals surface area contributed by atoms with Gasteiger partial charge in [0.25, 0.3) is 5.91 Å². The molecule has 2 N–H and O–H groups in total. The molecule has 0 unspecified atom stereocenters. The monoisotopic (exact) mass is 519 g/mol. The number of carbonyl (C=O) groups is 3. The summed E-state index contributed by atoms with van der Waals surface area (Å²) in [5, 5.41) is 7.14. The minimum atomic E-state index is -1.34. The molecule has 1 atom stereocenters. The molecule has 4 rings (SSSR count). The predicted octanol–water partition coefficient (Wildman–Crippen LogP) is 4.92. The molecule has 0 bridgehead atoms. The summed E-state index contributed by atoms with van der Waals surface area (Å²) in [4.78, 5) is 41.6. The summed E-state index contributed by atoms with van der Waals surface area (Å²) in [6, 6.07) is 16.8. The highest BCUT2D eigenvalue weighted by atomic mass is 32.1. The lowest BCUT2D eigenvalue weighted by Crippen LogP contribution is -2.48. The number of thiophene rings is 1. The Bertz CT molecular complexity index is 1390. The molecule has 4 aromatic rings. The van der Waals surface area contributed by atoms with E-state index in [4.69, 9.17) is 4.42 Å². The summed E-state index contributed by atoms with van der Waals surface area (Å²) < 4.78 is 20.4. The Morgan fingerprint density at radius 3 is 2.51 bits per heavy atom. The highest BCUT2D eigenvalue weighted by Crippen LogP contribution is 2.32. The maximum atomic E-state index is 15.1. The zero-order chi connectivity index (χ0) is 26.4. The van der Waals surface area contributed by atoms with E-state index in [0.29, 0.717) is 21.9 Å². The maximum Gasteiger partial charge on any atom is 0.261 e. The van der Waals surface area contributed by atoms with Gasteiger partial charge in [0.15, 0.2) is 0 Å². The Kier molecular flexibility index (Phi) is 8.15. The Morgan fingerprint density at radius 1 is 1.00 bits per heavy atom. The first-order valence-corrected chi connectivity index (χ1v) is 12.5. The third-order valence-corrected chi connectivity index (χ3v) is 6.63. The van der Waals surface area contributed by atoms with Gasteiger partial charge in [0, 0.05) is 11.3 Å². The first-order valence-electron chi connectivity index (χ1n) is 11.6. The van der Waals surface area contributed by atoms with E-state index in [1.165, 1.54) is 40.7 Å². The van der Waals surface area contributed by atoms with Gasteiger partial charge in [-0.25, -0.2) is 4.39 Å². The van der Waals surface area contributed by atoms with Gasteiger partial charge in [-0.3, -0.25) is 19.3 Å². The van der Waals surface area contributed by atoms with Crippen molar-refractivity contribution in [1.82, 2.24) is 10.6 Å². The quantitative estimate of drug-likeness (QED) is 0.329. The number of anilines is 1. The molecule has 0 aliphatic heterocycles. The van der Waals surface area contributed by atoms with Crippen LogP contribution in [-0.4, -0.2) is 24.3 Å². The minimum Gasteiger partial charge on any atom is -0.467 e. The molecule has 2 heterocycles. The average molecular weight is 520 g/mol. The maximum absolute atomic E-state index is 15.1. The second kappa shape index (κ2) is 11.7. The number of aryl methyl sites for hydroxylation is 2. The van der Waals surface area contributed by atoms with Gasteiger partial charge in [-0.05, 0) is 60.7 Å². The highest BCUT2D eigenvalue weighted by molar-refractivity contribution is 7.12. The van der Waals surface area contributed by atoms with E-state index in [1.807, 2.05) is 19.1 Å². The second-order valence-corrected chi connectivity index (χ2v) is 9.38. The molecule has 190 valence electrons. The lowest BCUT2D eigenvalue weighted by atomic mass is 10.00. The molecule has 7 nitrogen and oxygen atoms in total. The van der Waals surface area contributed by atoms with Gasteiger partial charge in [-0.1, -0.05) is 36.4 Å². The van der Waals surface area contributed by atoms with E-state index in [0.717, 1.165) is 5.56 Å². The molecule has 2 aromatic carbocycles. The third-order valence-electron chi connectivity index (χ3n) is 5.76. The van der Waals surface area contributed by atoms with Crippen molar-refractivity contribution in [2.75, 3.05) is 11.4 Å². The minimum absolute atomic E-state index is 0.0262. The zero-order valence-electron chi connectivity index (χ0n) is 20.4. The number of benzene rings is 2. The fourth-order valence-electron chi connectivity index (χ4n) is 3.91. The summed E-state index contributed by atoms with van der Waals surface area (Å²) in [6.07, 6.45) is 1.48. The summed E-state index contributed by atoms with van der Waals surface area (Å²) in [7, 11) is 0. The Balaban J connectivity index is 1.73. The van der Waals surface area contributed by atoms with Crippen molar-refractivity contribution in [3.05, 3.63) is 112 Å². The summed E-state index contributed by atoms with van der Waals surface area (Å²) in [5.41, 5.74) is 2.03. The SMILES string of the molecule is Cc1ccc(C)c(N(C(=O)CNC(=O)c2cccs2)[C@@H](C(=O)NCc2ccco2)c2ccccc2F)c1. The van der Waals surface area contributed by atoms with Crippen LogP contribution in [0.1, 0.15) is 38.2 Å². The van der Waals surface area contributed by atoms with Crippen LogP contribution in [0.15, 0.2) is 82.8 Å². The molecule has 37 heavy (non-hydrogen) atoms. The first-order chi connectivity index (χ1) is 17.8. The van der Waals surface area contributed by atoms with Crippen molar-refractivity contribution in [2.45, 2.75) is 26.4 Å². The molecule has 0 radical (unpaired) electrons. The van der Waals surface area contributed by atoms with Crippen LogP contribution >= 0.6 is 11.3 Å². The van der Waals surface area contributed by atoms with Crippen molar-refractivity contribution in [3.63, 3.8) is 0 Å². The predicted molar refractivity (Wildman–Crippen MR) is 140 cm³/mol. The lowest BCUT2D eigenvalue weighted by molar-refractivity contribution is -0.126. The number of furan rings is 1. The van der Waals surface area contributed by atoms with Crippen LogP contribution in [0.5, 0.6) is 0 Å². The van der Waals surface area contributed by atoms with Crippen LogP contribution in [0.4, 0.5) is 10.1 Å². The first kappa shape index (κ1) is 25.8. The molecule has 0 saturated carbocycles. The lowest BCUT2D eigenvalue weighted by Gasteiger charge is -2.33. The number of halogens is 1. The van der Waals surface area contributed by atoms with Crippen molar-refractivity contribution >= 4 is 34.7 Å². The largest absolute Gasteiger partial charge is 0.467 e. The van der Waals surface area contributed by atoms with E-state index < -0.39 is 29.6 Å². The molecule has 0 aliphatic rings. The molecular formula is C28H26FN3O4S. The van der Waals surface area contributed by atoms with Crippen LogP contribution in [-0.2, 0) is 16.1 Å². The van der Waals surface area contributed by atoms with Gasteiger partial charge in [0.2, 0.25) is 11.8 Å². The average Bonchev–Trinajstić information content (AvgIpc) is 3.61. The van der Waals surface area contributed by atoms with E-state index in [1.54, 1.807) is 48.7 Å². The number of nitrogens with zero attached hydrogens (tertiary/aromatic N) is 1. The molecular weight excluding hydrogens is 493 g/mol. The Morgan fingerprint density at radius 2 is 1.81 bits per heavy atom. The van der Waals surface area contributed by atoms with Gasteiger partial charge >= 0.3 is 0 Å². The normalized spacial score (nSPS) is 11.5. The smallest absolute Gasteiger partial charge is 0.261 e. The number of hydrogen-bond donors (Lipinski definition) is 2. The molecule has 0 saturated heterocycles. The standard InChI is InChI=1S/C28H26FN3O4S/c1-18-11-12-19(2)23(15-18)32(25(33)17-31-27(34)24-10-6-14-37-24)26(21-8-3-4-9-22(21)29)28(35)30-16-20-7-5-13-36-20/h3-15,26H,16-17H2,1-2H3,(H,30,35)(H,31,34)/t26-/m1/s1. The van der Waals surface area contributed by atoms with Gasteiger partial charge in [-0.15, -0.1) is 11.3 Å². The van der Waals surface area contributed by atoms with Crippen LogP contribution < -0.4 is 15.5 Å². The van der Waals surface area contributed by atoms with Crippen LogP contribution in [0.2, 0.25) is 0 Å². The van der Waals surface area contributed by atoms with Gasteiger partial charge in [-0.2, -0.15) is 0 Å². The van der Waals surface area contributed by atoms with Gasteiger partial charge in [0.1, 0.15) is 17.6 Å². The van der Waals surface area contributed by atoms with E-state index >= 15 is 4.39 Å². The molecule has 0 aliphatic carbocycles. The number of carbonyl (C=O) groups excluding carboxylic acids is 3. The summed E-state index contributed by atoms with van der Waals surface area (Å²) >= 11 is 1.25. The Hall–Kier alpha value is -4.24. The number of rotatable bonds is 9. The van der Waals surface area contributed by atoms with Crippen LogP contribution in [0.25, 0.3) is 0 Å². The number of amides is 3.